The quantitative estimate of drug-likeness (QED) is 0.804. The first kappa shape index (κ1) is 20.3. The third-order valence-corrected chi connectivity index (χ3v) is 3.41. The van der Waals surface area contributed by atoms with Crippen LogP contribution in [0, 0.1) is 5.92 Å². The highest BCUT2D eigenvalue weighted by atomic mass is 35.5. The molecule has 1 atom stereocenters. The Morgan fingerprint density at radius 3 is 2.39 bits per heavy atom. The first-order chi connectivity index (χ1) is 7.59. The van der Waals surface area contributed by atoms with Crippen molar-refractivity contribution in [2.24, 2.45) is 5.92 Å². The highest BCUT2D eigenvalue weighted by Gasteiger charge is 2.17. The zero-order valence-electron chi connectivity index (χ0n) is 11.6. The van der Waals surface area contributed by atoms with Gasteiger partial charge in [0.25, 0.3) is 0 Å². The van der Waals surface area contributed by atoms with Crippen molar-refractivity contribution < 1.29 is 4.79 Å². The first-order valence-electron chi connectivity index (χ1n) is 6.23. The van der Waals surface area contributed by atoms with Crippen LogP contribution in [0.25, 0.3) is 0 Å². The molecule has 0 aromatic carbocycles. The fraction of sp³-hybridized carbons (Fsp3) is 0.917. The van der Waals surface area contributed by atoms with Gasteiger partial charge in [0.05, 0.1) is 0 Å². The Balaban J connectivity index is 0. The molecule has 1 fully saturated rings. The Kier molecular flexibility index (Phi) is 12.2. The Morgan fingerprint density at radius 2 is 1.89 bits per heavy atom. The Labute approximate surface area is 123 Å². The van der Waals surface area contributed by atoms with Crippen molar-refractivity contribution in [1.29, 1.82) is 0 Å². The number of hydrogen-bond acceptors (Lipinski definition) is 3. The summed E-state index contributed by atoms with van der Waals surface area (Å²) in [5, 5.41) is 6.32. The summed E-state index contributed by atoms with van der Waals surface area (Å²) >= 11 is 0. The lowest BCUT2D eigenvalue weighted by atomic mass is 9.94. The van der Waals surface area contributed by atoms with Crippen molar-refractivity contribution in [1.82, 2.24) is 15.5 Å². The number of amides is 1. The van der Waals surface area contributed by atoms with E-state index in [-0.39, 0.29) is 30.7 Å². The summed E-state index contributed by atoms with van der Waals surface area (Å²) in [6.07, 6.45) is 2.97. The lowest BCUT2D eigenvalue weighted by Gasteiger charge is -2.23. The molecule has 1 heterocycles. The van der Waals surface area contributed by atoms with E-state index in [2.05, 4.69) is 22.5 Å². The second kappa shape index (κ2) is 10.9. The van der Waals surface area contributed by atoms with Gasteiger partial charge in [-0.2, -0.15) is 0 Å². The molecular weight excluding hydrogens is 273 g/mol. The maximum atomic E-state index is 11.7. The number of piperidine rings is 1. The van der Waals surface area contributed by atoms with Gasteiger partial charge in [-0.05, 0) is 52.9 Å². The van der Waals surface area contributed by atoms with Crippen LogP contribution in [0.3, 0.4) is 0 Å². The van der Waals surface area contributed by atoms with Gasteiger partial charge in [-0.15, -0.1) is 24.8 Å². The fourth-order valence-electron chi connectivity index (χ4n) is 1.86. The summed E-state index contributed by atoms with van der Waals surface area (Å²) in [6, 6.07) is 0.400. The summed E-state index contributed by atoms with van der Waals surface area (Å²) in [5.41, 5.74) is 0. The van der Waals surface area contributed by atoms with Gasteiger partial charge < -0.3 is 15.5 Å². The molecule has 0 radical (unpaired) electrons. The molecule has 1 aliphatic rings. The highest BCUT2D eigenvalue weighted by molar-refractivity contribution is 5.85. The fourth-order valence-corrected chi connectivity index (χ4v) is 1.86. The van der Waals surface area contributed by atoms with Crippen molar-refractivity contribution >= 4 is 30.7 Å². The van der Waals surface area contributed by atoms with E-state index in [9.17, 15) is 4.79 Å². The van der Waals surface area contributed by atoms with E-state index in [4.69, 9.17) is 0 Å². The molecular formula is C12H27Cl2N3O. The minimum Gasteiger partial charge on any atom is -0.355 e. The van der Waals surface area contributed by atoms with Crippen LogP contribution >= 0.6 is 24.8 Å². The molecule has 2 N–H and O–H groups in total. The van der Waals surface area contributed by atoms with E-state index in [0.29, 0.717) is 18.4 Å². The second-order valence-corrected chi connectivity index (χ2v) is 5.01. The van der Waals surface area contributed by atoms with E-state index < -0.39 is 0 Å². The number of rotatable bonds is 5. The molecule has 1 amide bonds. The van der Waals surface area contributed by atoms with Gasteiger partial charge in [-0.25, -0.2) is 0 Å². The molecule has 1 saturated heterocycles. The molecule has 0 bridgehead atoms. The summed E-state index contributed by atoms with van der Waals surface area (Å²) in [7, 11) is 4.06. The van der Waals surface area contributed by atoms with Gasteiger partial charge in [-0.3, -0.25) is 4.79 Å². The maximum absolute atomic E-state index is 11.7. The Hall–Kier alpha value is -0.0300. The van der Waals surface area contributed by atoms with Crippen LogP contribution in [0.2, 0.25) is 0 Å². The lowest BCUT2D eigenvalue weighted by Crippen LogP contribution is -2.39. The number of carbonyl (C=O) groups is 1. The number of carbonyl (C=O) groups excluding carboxylic acids is 1. The van der Waals surface area contributed by atoms with Gasteiger partial charge in [0.1, 0.15) is 0 Å². The molecule has 1 aliphatic heterocycles. The topological polar surface area (TPSA) is 44.4 Å². The maximum Gasteiger partial charge on any atom is 0.220 e. The van der Waals surface area contributed by atoms with Crippen LogP contribution in [-0.4, -0.2) is 50.6 Å². The van der Waals surface area contributed by atoms with E-state index in [1.165, 1.54) is 0 Å². The monoisotopic (exact) mass is 299 g/mol. The molecule has 0 aliphatic carbocycles. The lowest BCUT2D eigenvalue weighted by molar-refractivity contribution is -0.122. The predicted molar refractivity (Wildman–Crippen MR) is 80.9 cm³/mol. The number of halogens is 2. The van der Waals surface area contributed by atoms with Crippen LogP contribution in [-0.2, 0) is 4.79 Å². The number of likely N-dealkylation sites (N-methyl/N-ethyl adjacent to an activating group) is 1. The van der Waals surface area contributed by atoms with Gasteiger partial charge >= 0.3 is 0 Å². The molecule has 110 valence electrons. The zero-order valence-corrected chi connectivity index (χ0v) is 13.2. The average Bonchev–Trinajstić information content (AvgIpc) is 2.27. The standard InChI is InChI=1S/C12H25N3O.2ClH/c1-10(15(2)3)9-14-12(16)8-11-4-6-13-7-5-11;;/h10-11,13H,4-9H2,1-3H3,(H,14,16);2*1H. The number of hydrogen-bond donors (Lipinski definition) is 2. The number of nitrogens with zero attached hydrogens (tertiary/aromatic N) is 1. The summed E-state index contributed by atoms with van der Waals surface area (Å²) in [6.45, 7) is 4.99. The van der Waals surface area contributed by atoms with Crippen molar-refractivity contribution in [2.45, 2.75) is 32.2 Å². The van der Waals surface area contributed by atoms with Gasteiger partial charge in [0, 0.05) is 19.0 Å². The van der Waals surface area contributed by atoms with Crippen LogP contribution in [0.4, 0.5) is 0 Å². The smallest absolute Gasteiger partial charge is 0.220 e. The third-order valence-electron chi connectivity index (χ3n) is 3.41. The largest absolute Gasteiger partial charge is 0.355 e. The average molecular weight is 300 g/mol. The molecule has 0 saturated carbocycles. The third kappa shape index (κ3) is 8.14. The Morgan fingerprint density at radius 1 is 1.33 bits per heavy atom. The molecule has 0 aromatic heterocycles. The van der Waals surface area contributed by atoms with E-state index in [0.717, 1.165) is 32.5 Å². The minimum absolute atomic E-state index is 0. The molecule has 6 heteroatoms. The minimum atomic E-state index is 0. The molecule has 0 spiro atoms. The summed E-state index contributed by atoms with van der Waals surface area (Å²) in [4.78, 5) is 13.8. The summed E-state index contributed by atoms with van der Waals surface area (Å²) < 4.78 is 0. The van der Waals surface area contributed by atoms with Crippen molar-refractivity contribution in [3.05, 3.63) is 0 Å². The molecule has 18 heavy (non-hydrogen) atoms. The zero-order chi connectivity index (χ0) is 12.0. The van der Waals surface area contributed by atoms with Crippen molar-refractivity contribution in [3.8, 4) is 0 Å². The number of nitrogens with one attached hydrogen (secondary N) is 2. The van der Waals surface area contributed by atoms with Crippen LogP contribution < -0.4 is 10.6 Å². The van der Waals surface area contributed by atoms with Gasteiger partial charge in [-0.1, -0.05) is 0 Å². The van der Waals surface area contributed by atoms with Gasteiger partial charge in [0.15, 0.2) is 0 Å². The van der Waals surface area contributed by atoms with Crippen molar-refractivity contribution in [2.75, 3.05) is 33.7 Å². The predicted octanol–water partition coefficient (Wildman–Crippen LogP) is 1.29. The second-order valence-electron chi connectivity index (χ2n) is 5.01. The van der Waals surface area contributed by atoms with Crippen molar-refractivity contribution in [3.63, 3.8) is 0 Å². The van der Waals surface area contributed by atoms with E-state index in [1.807, 2.05) is 14.1 Å². The van der Waals surface area contributed by atoms with Gasteiger partial charge in [0.2, 0.25) is 5.91 Å². The van der Waals surface area contributed by atoms with E-state index >= 15 is 0 Å². The SMILES string of the molecule is CC(CNC(=O)CC1CCNCC1)N(C)C.Cl.Cl. The summed E-state index contributed by atoms with van der Waals surface area (Å²) in [5.74, 6) is 0.788. The van der Waals surface area contributed by atoms with Crippen LogP contribution in [0.1, 0.15) is 26.2 Å². The Bertz CT molecular complexity index is 221. The van der Waals surface area contributed by atoms with E-state index in [1.54, 1.807) is 0 Å². The molecule has 1 unspecified atom stereocenters. The molecule has 1 rings (SSSR count). The first-order valence-corrected chi connectivity index (χ1v) is 6.23. The van der Waals surface area contributed by atoms with Crippen LogP contribution in [0.15, 0.2) is 0 Å². The van der Waals surface area contributed by atoms with Crippen LogP contribution in [0.5, 0.6) is 0 Å². The molecule has 0 aromatic rings. The highest BCUT2D eigenvalue weighted by Crippen LogP contribution is 2.15. The normalized spacial score (nSPS) is 17.6. The molecule has 4 nitrogen and oxygen atoms in total.